The van der Waals surface area contributed by atoms with Crippen molar-refractivity contribution in [1.29, 1.82) is 0 Å². The van der Waals surface area contributed by atoms with Gasteiger partial charge in [-0.05, 0) is 55.2 Å². The lowest BCUT2D eigenvalue weighted by atomic mass is 9.91. The van der Waals surface area contributed by atoms with Crippen LogP contribution in [-0.4, -0.2) is 4.57 Å². The summed E-state index contributed by atoms with van der Waals surface area (Å²) in [6.07, 6.45) is 7.34. The Morgan fingerprint density at radius 3 is 2.66 bits per heavy atom. The minimum atomic E-state index is 0.576. The first-order valence-corrected chi connectivity index (χ1v) is 10.8. The molecule has 0 atom stereocenters. The Bertz CT molecular complexity index is 1440. The minimum Gasteiger partial charge on any atom is -0.454 e. The molecule has 3 heteroatoms. The van der Waals surface area contributed by atoms with Crippen molar-refractivity contribution in [3.63, 3.8) is 0 Å². The Morgan fingerprint density at radius 2 is 1.86 bits per heavy atom. The molecule has 5 aromatic rings. The molecular weight excluding hydrogens is 356 g/mol. The van der Waals surface area contributed by atoms with Crippen molar-refractivity contribution in [1.82, 2.24) is 4.57 Å². The van der Waals surface area contributed by atoms with Gasteiger partial charge in [0.25, 0.3) is 0 Å². The van der Waals surface area contributed by atoms with E-state index in [0.29, 0.717) is 5.92 Å². The molecule has 29 heavy (non-hydrogen) atoms. The van der Waals surface area contributed by atoms with Crippen LogP contribution in [0.25, 0.3) is 43.9 Å². The fourth-order valence-corrected chi connectivity index (χ4v) is 5.75. The van der Waals surface area contributed by atoms with Crippen LogP contribution in [0.5, 0.6) is 0 Å². The minimum absolute atomic E-state index is 0.576. The number of hydrogen-bond donors (Lipinski definition) is 0. The van der Waals surface area contributed by atoms with Crippen LogP contribution in [0.4, 0.5) is 0 Å². The molecular formula is C26H27N2O+. The molecule has 146 valence electrons. The zero-order valence-corrected chi connectivity index (χ0v) is 17.7. The first-order valence-electron chi connectivity index (χ1n) is 10.8. The van der Waals surface area contributed by atoms with Crippen molar-refractivity contribution in [2.75, 3.05) is 0 Å². The molecule has 3 heterocycles. The van der Waals surface area contributed by atoms with Crippen LogP contribution in [0, 0.1) is 13.8 Å². The van der Waals surface area contributed by atoms with Crippen molar-refractivity contribution < 1.29 is 8.98 Å². The van der Waals surface area contributed by atoms with Crippen molar-refractivity contribution in [2.24, 2.45) is 14.1 Å². The maximum absolute atomic E-state index is 6.77. The van der Waals surface area contributed by atoms with E-state index < -0.39 is 0 Å². The third-order valence-corrected chi connectivity index (χ3v) is 7.32. The van der Waals surface area contributed by atoms with Gasteiger partial charge in [-0.1, -0.05) is 31.0 Å². The molecule has 0 aliphatic heterocycles. The molecule has 0 spiro atoms. The van der Waals surface area contributed by atoms with Gasteiger partial charge in [0, 0.05) is 23.9 Å². The molecule has 1 aliphatic rings. The molecule has 1 saturated carbocycles. The van der Waals surface area contributed by atoms with Crippen LogP contribution >= 0.6 is 0 Å². The molecule has 2 aromatic carbocycles. The van der Waals surface area contributed by atoms with Crippen LogP contribution in [0.2, 0.25) is 0 Å². The first-order chi connectivity index (χ1) is 14.1. The number of fused-ring (bicyclic) bond motifs is 3. The second kappa shape index (κ2) is 5.85. The first kappa shape index (κ1) is 17.1. The second-order valence-corrected chi connectivity index (χ2v) is 8.94. The highest BCUT2D eigenvalue weighted by molar-refractivity contribution is 6.19. The quantitative estimate of drug-likeness (QED) is 0.188. The molecule has 6 rings (SSSR count). The van der Waals surface area contributed by atoms with Gasteiger partial charge < -0.3 is 8.98 Å². The zero-order chi connectivity index (χ0) is 19.9. The predicted octanol–water partition coefficient (Wildman–Crippen LogP) is 6.33. The summed E-state index contributed by atoms with van der Waals surface area (Å²) in [6, 6.07) is 11.0. The molecule has 3 aromatic heterocycles. The Balaban J connectivity index is 1.96. The number of hydrogen-bond acceptors (Lipinski definition) is 1. The van der Waals surface area contributed by atoms with E-state index >= 15 is 0 Å². The van der Waals surface area contributed by atoms with Gasteiger partial charge in [-0.3, -0.25) is 0 Å². The van der Waals surface area contributed by atoms with Crippen LogP contribution in [0.1, 0.15) is 48.3 Å². The van der Waals surface area contributed by atoms with E-state index in [4.69, 9.17) is 4.42 Å². The predicted molar refractivity (Wildman–Crippen MR) is 120 cm³/mol. The van der Waals surface area contributed by atoms with E-state index in [0.717, 1.165) is 11.2 Å². The number of rotatable bonds is 1. The summed E-state index contributed by atoms with van der Waals surface area (Å²) in [7, 11) is 4.37. The summed E-state index contributed by atoms with van der Waals surface area (Å²) in [5.74, 6) is 0.576. The Labute approximate surface area is 170 Å². The Kier molecular flexibility index (Phi) is 3.45. The van der Waals surface area contributed by atoms with Crippen molar-refractivity contribution in [2.45, 2.75) is 45.4 Å². The van der Waals surface area contributed by atoms with Gasteiger partial charge in [-0.25, -0.2) is 0 Å². The maximum Gasteiger partial charge on any atom is 0.236 e. The lowest BCUT2D eigenvalue weighted by Gasteiger charge is -2.20. The monoisotopic (exact) mass is 383 g/mol. The van der Waals surface area contributed by atoms with Gasteiger partial charge in [0.05, 0.1) is 11.1 Å². The van der Waals surface area contributed by atoms with Gasteiger partial charge >= 0.3 is 0 Å². The molecule has 0 amide bonds. The highest BCUT2D eigenvalue weighted by Gasteiger charge is 2.31. The van der Waals surface area contributed by atoms with Gasteiger partial charge in [0.1, 0.15) is 18.1 Å². The molecule has 0 bridgehead atoms. The third-order valence-electron chi connectivity index (χ3n) is 7.32. The number of benzene rings is 2. The lowest BCUT2D eigenvalue weighted by molar-refractivity contribution is -0.642. The van der Waals surface area contributed by atoms with Crippen LogP contribution in [0.3, 0.4) is 0 Å². The Hall–Kier alpha value is -2.81. The topological polar surface area (TPSA) is 21.9 Å². The van der Waals surface area contributed by atoms with E-state index in [2.05, 4.69) is 73.6 Å². The highest BCUT2D eigenvalue weighted by atomic mass is 16.3. The second-order valence-electron chi connectivity index (χ2n) is 8.94. The normalized spacial score (nSPS) is 15.6. The van der Waals surface area contributed by atoms with Crippen molar-refractivity contribution in [3.8, 4) is 0 Å². The van der Waals surface area contributed by atoms with E-state index in [1.54, 1.807) is 0 Å². The van der Waals surface area contributed by atoms with Gasteiger partial charge in [-0.2, -0.15) is 4.57 Å². The van der Waals surface area contributed by atoms with Gasteiger partial charge in [0.15, 0.2) is 11.8 Å². The smallest absolute Gasteiger partial charge is 0.236 e. The molecule has 1 aliphatic carbocycles. The standard InChI is InChI=1S/C26H27N2O/c1-15-14-18-10-7-11-20-22(18)21(16(15)2)25-26(29-20)23(17-8-5-6-9-17)24-19(28(25)4)12-13-27(24)3/h7,10-14,17H,5-6,8-9H2,1-4H3/q+1. The molecule has 1 fully saturated rings. The summed E-state index contributed by atoms with van der Waals surface area (Å²) in [5, 5.41) is 3.87. The molecule has 3 nitrogen and oxygen atoms in total. The number of aromatic nitrogens is 2. The lowest BCUT2D eigenvalue weighted by Crippen LogP contribution is -2.27. The summed E-state index contributed by atoms with van der Waals surface area (Å²) in [6.45, 7) is 4.49. The maximum atomic E-state index is 6.77. The summed E-state index contributed by atoms with van der Waals surface area (Å²) >= 11 is 0. The largest absolute Gasteiger partial charge is 0.454 e. The van der Waals surface area contributed by atoms with Gasteiger partial charge in [-0.15, -0.1) is 0 Å². The fraction of sp³-hybridized carbons (Fsp3) is 0.346. The zero-order valence-electron chi connectivity index (χ0n) is 17.7. The van der Waals surface area contributed by atoms with E-state index in [9.17, 15) is 0 Å². The molecule has 0 N–H and O–H groups in total. The van der Waals surface area contributed by atoms with Crippen molar-refractivity contribution >= 4 is 43.9 Å². The van der Waals surface area contributed by atoms with E-state index in [-0.39, 0.29) is 0 Å². The summed E-state index contributed by atoms with van der Waals surface area (Å²) < 4.78 is 11.4. The van der Waals surface area contributed by atoms with Gasteiger partial charge in [0.2, 0.25) is 5.52 Å². The van der Waals surface area contributed by atoms with Crippen LogP contribution < -0.4 is 4.57 Å². The SMILES string of the molecule is Cc1cc2cccc3oc4c(C5CCCC5)c5c(cc[n+]5C)n(C)c4c(c1C)c23. The van der Waals surface area contributed by atoms with E-state index in [1.165, 1.54) is 75.1 Å². The number of pyridine rings is 1. The fourth-order valence-electron chi connectivity index (χ4n) is 5.75. The van der Waals surface area contributed by atoms with Crippen molar-refractivity contribution in [3.05, 3.63) is 53.2 Å². The Morgan fingerprint density at radius 1 is 1.07 bits per heavy atom. The molecule has 0 unspecified atom stereocenters. The van der Waals surface area contributed by atoms with E-state index in [1.807, 2.05) is 0 Å². The molecule has 0 saturated heterocycles. The number of aryl methyl sites for hydroxylation is 4. The summed E-state index contributed by atoms with van der Waals surface area (Å²) in [5.41, 5.74) is 10.1. The van der Waals surface area contributed by atoms with Crippen LogP contribution in [0.15, 0.2) is 40.9 Å². The highest BCUT2D eigenvalue weighted by Crippen LogP contribution is 2.45. The number of nitrogens with zero attached hydrogens (tertiary/aromatic N) is 2. The third kappa shape index (κ3) is 2.16. The summed E-state index contributed by atoms with van der Waals surface area (Å²) in [4.78, 5) is 0. The average Bonchev–Trinajstić information content (AvgIpc) is 3.37. The average molecular weight is 384 g/mol. The molecule has 0 radical (unpaired) electrons. The van der Waals surface area contributed by atoms with Crippen LogP contribution in [-0.2, 0) is 14.1 Å².